The normalized spacial score (nSPS) is 36.7. The summed E-state index contributed by atoms with van der Waals surface area (Å²) >= 11 is 0. The van der Waals surface area contributed by atoms with E-state index in [2.05, 4.69) is 28.8 Å². The minimum atomic E-state index is 0.312. The Balaban J connectivity index is 1.76. The van der Waals surface area contributed by atoms with Gasteiger partial charge in [0, 0.05) is 37.3 Å². The van der Waals surface area contributed by atoms with Crippen LogP contribution in [0.3, 0.4) is 0 Å². The first-order valence-electron chi connectivity index (χ1n) is 7.07. The number of aliphatic hydroxyl groups is 1. The molecule has 3 aliphatic rings. The van der Waals surface area contributed by atoms with Crippen LogP contribution in [-0.2, 0) is 0 Å². The van der Waals surface area contributed by atoms with Crippen molar-refractivity contribution in [2.24, 2.45) is 5.92 Å². The molecule has 2 aliphatic heterocycles. The van der Waals surface area contributed by atoms with Gasteiger partial charge in [0.1, 0.15) is 0 Å². The summed E-state index contributed by atoms with van der Waals surface area (Å²) in [4.78, 5) is 0. The molecule has 0 aromatic heterocycles. The molecule has 1 aromatic rings. The topological polar surface area (TPSA) is 44.3 Å². The maximum absolute atomic E-state index is 9.40. The highest BCUT2D eigenvalue weighted by Crippen LogP contribution is 2.48. The summed E-state index contributed by atoms with van der Waals surface area (Å²) in [7, 11) is 0. The number of fused-ring (bicyclic) bond motifs is 2. The summed E-state index contributed by atoms with van der Waals surface area (Å²) in [5.41, 5.74) is 4.45. The first kappa shape index (κ1) is 10.8. The number of hydrogen-bond donors (Lipinski definition) is 3. The molecular formula is C15H20N2O. The second kappa shape index (κ2) is 3.97. The van der Waals surface area contributed by atoms with Crippen LogP contribution in [0.2, 0.25) is 0 Å². The van der Waals surface area contributed by atoms with Crippen LogP contribution in [0.4, 0.5) is 5.69 Å². The van der Waals surface area contributed by atoms with Gasteiger partial charge in [-0.15, -0.1) is 0 Å². The number of hydrogen-bond acceptors (Lipinski definition) is 3. The number of rotatable bonds is 1. The fourth-order valence-electron chi connectivity index (χ4n) is 4.16. The van der Waals surface area contributed by atoms with E-state index in [4.69, 9.17) is 0 Å². The molecule has 3 nitrogen and oxygen atoms in total. The molecule has 1 aliphatic carbocycles. The van der Waals surface area contributed by atoms with Crippen LogP contribution in [0.25, 0.3) is 0 Å². The van der Waals surface area contributed by atoms with Crippen molar-refractivity contribution >= 4 is 5.69 Å². The van der Waals surface area contributed by atoms with Crippen LogP contribution < -0.4 is 10.6 Å². The average molecular weight is 244 g/mol. The molecule has 18 heavy (non-hydrogen) atoms. The SMILES string of the molecule is OCC1CN[C@@H]2CC3CNc4cccc(c43)C2C1. The van der Waals surface area contributed by atoms with Crippen molar-refractivity contribution in [2.45, 2.75) is 30.7 Å². The van der Waals surface area contributed by atoms with E-state index in [9.17, 15) is 5.11 Å². The first-order valence-corrected chi connectivity index (χ1v) is 7.07. The molecule has 3 N–H and O–H groups in total. The summed E-state index contributed by atoms with van der Waals surface area (Å²) in [6, 6.07) is 7.30. The predicted molar refractivity (Wildman–Crippen MR) is 72.0 cm³/mol. The van der Waals surface area contributed by atoms with E-state index in [1.165, 1.54) is 17.7 Å². The Labute approximate surface area is 108 Å². The number of piperidine rings is 1. The monoisotopic (exact) mass is 244 g/mol. The van der Waals surface area contributed by atoms with Gasteiger partial charge in [-0.05, 0) is 41.9 Å². The quantitative estimate of drug-likeness (QED) is 0.704. The van der Waals surface area contributed by atoms with E-state index in [-0.39, 0.29) is 0 Å². The summed E-state index contributed by atoms with van der Waals surface area (Å²) in [6.45, 7) is 2.39. The number of aliphatic hydroxyl groups excluding tert-OH is 1. The Hall–Kier alpha value is -1.06. The lowest BCUT2D eigenvalue weighted by molar-refractivity contribution is 0.160. The second-order valence-electron chi connectivity index (χ2n) is 6.03. The molecule has 0 radical (unpaired) electrons. The van der Waals surface area contributed by atoms with Crippen molar-refractivity contribution in [3.8, 4) is 0 Å². The first-order chi connectivity index (χ1) is 8.86. The molecule has 0 spiro atoms. The smallest absolute Gasteiger partial charge is 0.0471 e. The molecule has 0 bridgehead atoms. The third-order valence-electron chi connectivity index (χ3n) is 5.02. The Morgan fingerprint density at radius 1 is 1.22 bits per heavy atom. The average Bonchev–Trinajstić information content (AvgIpc) is 2.83. The van der Waals surface area contributed by atoms with Gasteiger partial charge in [-0.25, -0.2) is 0 Å². The molecule has 0 amide bonds. The van der Waals surface area contributed by atoms with Crippen molar-refractivity contribution in [1.82, 2.24) is 5.32 Å². The molecule has 3 heteroatoms. The van der Waals surface area contributed by atoms with Gasteiger partial charge in [0.15, 0.2) is 0 Å². The van der Waals surface area contributed by atoms with Crippen molar-refractivity contribution in [1.29, 1.82) is 0 Å². The second-order valence-corrected chi connectivity index (χ2v) is 6.03. The lowest BCUT2D eigenvalue weighted by Gasteiger charge is -2.42. The van der Waals surface area contributed by atoms with Gasteiger partial charge in [0.25, 0.3) is 0 Å². The molecular weight excluding hydrogens is 224 g/mol. The largest absolute Gasteiger partial charge is 0.396 e. The van der Waals surface area contributed by atoms with E-state index in [1.54, 1.807) is 5.56 Å². The van der Waals surface area contributed by atoms with Gasteiger partial charge in [-0.1, -0.05) is 12.1 Å². The summed E-state index contributed by atoms with van der Waals surface area (Å²) in [5.74, 6) is 1.71. The van der Waals surface area contributed by atoms with Crippen LogP contribution in [0.15, 0.2) is 18.2 Å². The van der Waals surface area contributed by atoms with Crippen LogP contribution in [0.1, 0.15) is 35.8 Å². The zero-order chi connectivity index (χ0) is 12.1. The number of benzene rings is 1. The lowest BCUT2D eigenvalue weighted by Crippen LogP contribution is -2.47. The van der Waals surface area contributed by atoms with E-state index in [0.717, 1.165) is 19.5 Å². The van der Waals surface area contributed by atoms with Crippen LogP contribution in [0.5, 0.6) is 0 Å². The Morgan fingerprint density at radius 2 is 2.17 bits per heavy atom. The maximum Gasteiger partial charge on any atom is 0.0471 e. The van der Waals surface area contributed by atoms with E-state index in [1.807, 2.05) is 0 Å². The summed E-state index contributed by atoms with van der Waals surface area (Å²) in [5, 5.41) is 16.6. The minimum absolute atomic E-state index is 0.312. The molecule has 2 heterocycles. The summed E-state index contributed by atoms with van der Waals surface area (Å²) < 4.78 is 0. The molecule has 1 saturated heterocycles. The Kier molecular flexibility index (Phi) is 2.39. The molecule has 1 fully saturated rings. The third kappa shape index (κ3) is 1.44. The van der Waals surface area contributed by atoms with E-state index >= 15 is 0 Å². The number of nitrogens with one attached hydrogen (secondary N) is 2. The van der Waals surface area contributed by atoms with Crippen molar-refractivity contribution in [3.05, 3.63) is 29.3 Å². The van der Waals surface area contributed by atoms with Crippen molar-refractivity contribution < 1.29 is 5.11 Å². The highest BCUT2D eigenvalue weighted by Gasteiger charge is 2.41. The van der Waals surface area contributed by atoms with Crippen LogP contribution >= 0.6 is 0 Å². The predicted octanol–water partition coefficient (Wildman–Crippen LogP) is 1.65. The third-order valence-corrected chi connectivity index (χ3v) is 5.02. The fraction of sp³-hybridized carbons (Fsp3) is 0.600. The van der Waals surface area contributed by atoms with Crippen molar-refractivity contribution in [2.75, 3.05) is 25.0 Å². The Bertz CT molecular complexity index is 474. The van der Waals surface area contributed by atoms with Gasteiger partial charge in [-0.2, -0.15) is 0 Å². The van der Waals surface area contributed by atoms with Gasteiger partial charge >= 0.3 is 0 Å². The Morgan fingerprint density at radius 3 is 3.06 bits per heavy atom. The zero-order valence-electron chi connectivity index (χ0n) is 10.5. The molecule has 96 valence electrons. The van der Waals surface area contributed by atoms with Gasteiger partial charge in [-0.3, -0.25) is 0 Å². The van der Waals surface area contributed by atoms with Gasteiger partial charge < -0.3 is 15.7 Å². The standard InChI is InChI=1S/C15H20N2O/c18-8-9-4-12-11-2-1-3-13-15(11)10(7-17-13)5-14(12)16-6-9/h1-3,9-10,12,14,16-18H,4-8H2/t9?,10?,12?,14-/m1/s1. The number of anilines is 1. The van der Waals surface area contributed by atoms with Crippen molar-refractivity contribution in [3.63, 3.8) is 0 Å². The highest BCUT2D eigenvalue weighted by atomic mass is 16.3. The van der Waals surface area contributed by atoms with Crippen LogP contribution in [-0.4, -0.2) is 30.8 Å². The van der Waals surface area contributed by atoms with Crippen LogP contribution in [0, 0.1) is 5.92 Å². The molecule has 3 unspecified atom stereocenters. The van der Waals surface area contributed by atoms with E-state index < -0.39 is 0 Å². The van der Waals surface area contributed by atoms with Gasteiger partial charge in [0.05, 0.1) is 0 Å². The van der Waals surface area contributed by atoms with E-state index in [0.29, 0.717) is 30.4 Å². The summed E-state index contributed by atoms with van der Waals surface area (Å²) in [6.07, 6.45) is 2.39. The zero-order valence-corrected chi connectivity index (χ0v) is 10.5. The molecule has 1 aromatic carbocycles. The molecule has 4 rings (SSSR count). The fourth-order valence-corrected chi connectivity index (χ4v) is 4.16. The highest BCUT2D eigenvalue weighted by molar-refractivity contribution is 5.63. The van der Waals surface area contributed by atoms with Gasteiger partial charge in [0.2, 0.25) is 0 Å². The molecule has 4 atom stereocenters. The lowest BCUT2D eigenvalue weighted by atomic mass is 9.69. The maximum atomic E-state index is 9.40. The minimum Gasteiger partial charge on any atom is -0.396 e. The molecule has 0 saturated carbocycles.